The van der Waals surface area contributed by atoms with Crippen LogP contribution in [0.1, 0.15) is 57.3 Å². The zero-order chi connectivity index (χ0) is 84.4. The van der Waals surface area contributed by atoms with Crippen molar-refractivity contribution in [3.8, 4) is 57.1 Å². The maximum Gasteiger partial charge on any atom is 0.238 e. The van der Waals surface area contributed by atoms with Crippen LogP contribution in [0.5, 0.6) is 0 Å². The van der Waals surface area contributed by atoms with Gasteiger partial charge in [-0.3, -0.25) is 4.98 Å². The summed E-state index contributed by atoms with van der Waals surface area (Å²) in [6, 6.07) is 65.3. The summed E-state index contributed by atoms with van der Waals surface area (Å²) in [5.74, 6) is 2.69. The van der Waals surface area contributed by atoms with Crippen molar-refractivity contribution in [2.75, 3.05) is 6.26 Å². The number of hydrogen-bond acceptors (Lipinski definition) is 25. The third-order valence-electron chi connectivity index (χ3n) is 17.7. The molecule has 5 atom stereocenters. The van der Waals surface area contributed by atoms with Crippen molar-refractivity contribution >= 4 is 31.5 Å². The van der Waals surface area contributed by atoms with Crippen LogP contribution in [0.3, 0.4) is 0 Å². The Labute approximate surface area is 686 Å². The van der Waals surface area contributed by atoms with Gasteiger partial charge in [0.25, 0.3) is 0 Å². The molecule has 12 N–H and O–H groups in total. The van der Waals surface area contributed by atoms with E-state index in [0.717, 1.165) is 17.4 Å². The lowest BCUT2D eigenvalue weighted by atomic mass is 10.0. The molecule has 26 nitrogen and oxygen atoms in total. The summed E-state index contributed by atoms with van der Waals surface area (Å²) >= 11 is 5.95. The van der Waals surface area contributed by atoms with Crippen LogP contribution >= 0.6 is 11.6 Å². The molecule has 0 spiro atoms. The molecule has 34 heteroatoms. The Kier molecular flexibility index (Phi) is 30.8. The summed E-state index contributed by atoms with van der Waals surface area (Å²) in [6.45, 7) is 0. The topological polar surface area (TPSA) is 432 Å². The first-order valence-corrected chi connectivity index (χ1v) is 40.8. The minimum atomic E-state index is -3.76. The van der Waals surface area contributed by atoms with E-state index in [1.165, 1.54) is 66.7 Å². The first-order valence-electron chi connectivity index (χ1n) is 37.0. The van der Waals surface area contributed by atoms with Crippen molar-refractivity contribution in [1.82, 2.24) is 55.7 Å². The van der Waals surface area contributed by atoms with Crippen LogP contribution in [-0.4, -0.2) is 109 Å². The number of sulfone groups is 1. The third-order valence-corrected chi connectivity index (χ3v) is 20.0. The van der Waals surface area contributed by atoms with Gasteiger partial charge in [-0.1, -0.05) is 177 Å². The first-order chi connectivity index (χ1) is 57.2. The Bertz CT molecular complexity index is 5680. The quantitative estimate of drug-likeness (QED) is 0.0260. The van der Waals surface area contributed by atoms with Gasteiger partial charge in [0.1, 0.15) is 34.8 Å². The van der Waals surface area contributed by atoms with Gasteiger partial charge in [-0.15, -0.1) is 0 Å². The standard InChI is InChI=1S/C18H18FN3O3S.C17H15ClFN3O.C17H17FN4O3S.C17H16FN3O.C16H15FN4O/c1-26(23,24)15-8-6-12(7-9-15)18-21-17(25-22-18)11-14(20)10-13-4-2-3-5-16(13)19;18-13-6-3-5-12(8-13)17-21-16(23-22-17)10-14(20)9-11-4-1-2-7-15(11)19;18-15-4-2-1-3-12(15)9-13(19)10-16-21-17(22-25-16)11-5-7-14(8-6-11)26(20,23)24;18-15-9-5-4-8-13(15)10-14(19)11-16-20-17(21-22-16)12-6-2-1-3-7-12;17-13-6-2-1-5-11(13)9-12(18)10-15-20-16(21-22-15)14-7-3-4-8-19-14/h2-9,14H,10-11,20H2,1H3;1-8,14H,9-10,20H2;1-8,13H,9-10,19H2,(H2,20,23,24);1-9,14H,10-11,19H2;1-8,12H,9-10,18H2/t2*14-;13-;14-;12-/m11111/s1. The normalized spacial score (nSPS) is 12.5. The number of hydrogen-bond donors (Lipinski definition) is 6. The summed E-state index contributed by atoms with van der Waals surface area (Å²) in [5, 5.41) is 25.2. The van der Waals surface area contributed by atoms with Gasteiger partial charge in [0.15, 0.2) is 9.84 Å². The molecule has 0 saturated carbocycles. The number of rotatable bonds is 27. The van der Waals surface area contributed by atoms with Gasteiger partial charge in [0.2, 0.25) is 68.6 Å². The van der Waals surface area contributed by atoms with E-state index < -0.39 is 19.9 Å². The molecule has 0 fully saturated rings. The fraction of sp³-hybridized carbons (Fsp3) is 0.188. The number of benzene rings is 9. The van der Waals surface area contributed by atoms with Crippen LogP contribution in [0.2, 0.25) is 5.02 Å². The second kappa shape index (κ2) is 42.0. The molecule has 0 aliphatic carbocycles. The van der Waals surface area contributed by atoms with Crippen LogP contribution in [-0.2, 0) is 84.1 Å². The maximum atomic E-state index is 13.7. The second-order valence-corrected chi connectivity index (χ2v) is 31.3. The molecule has 6 aromatic heterocycles. The van der Waals surface area contributed by atoms with E-state index in [0.29, 0.717) is 166 Å². The third kappa shape index (κ3) is 26.7. The van der Waals surface area contributed by atoms with Gasteiger partial charge >= 0.3 is 0 Å². The monoisotopic (exact) mass is 1680 g/mol. The Hall–Kier alpha value is -12.6. The lowest BCUT2D eigenvalue weighted by molar-refractivity contribution is 0.368. The number of primary sulfonamides is 1. The molecule has 119 heavy (non-hydrogen) atoms. The highest BCUT2D eigenvalue weighted by atomic mass is 35.5. The molecule has 0 bridgehead atoms. The first kappa shape index (κ1) is 87.3. The van der Waals surface area contributed by atoms with Crippen molar-refractivity contribution in [1.29, 1.82) is 0 Å². The van der Waals surface area contributed by atoms with Crippen molar-refractivity contribution in [2.45, 2.75) is 104 Å². The highest BCUT2D eigenvalue weighted by Gasteiger charge is 2.22. The smallest absolute Gasteiger partial charge is 0.238 e. The SMILES string of the molecule is CS(=O)(=O)c1ccc(-c2noc(C[C@H](N)Cc3ccccc3F)n2)cc1.N[C@@H](Cc1nc(-c2ccc(S(N)(=O)=O)cc2)no1)Cc1ccccc1F.N[C@@H](Cc1nc(-c2cccc(Cl)c2)no1)Cc1ccccc1F.N[C@@H](Cc1nc(-c2ccccc2)no1)Cc1ccccc1F.N[C@@H](Cc1nc(-c2ccccn2)no1)Cc1ccccc1F. The molecule has 9 aromatic carbocycles. The van der Waals surface area contributed by atoms with Gasteiger partial charge in [0.05, 0.1) is 9.79 Å². The summed E-state index contributed by atoms with van der Waals surface area (Å²) in [5.41, 5.74) is 36.6. The Morgan fingerprint density at radius 1 is 0.319 bits per heavy atom. The van der Waals surface area contributed by atoms with Crippen molar-refractivity contribution in [3.05, 3.63) is 340 Å². The average Bonchev–Trinajstić information content (AvgIpc) is 1.79. The van der Waals surface area contributed by atoms with Gasteiger partial charge in [-0.2, -0.15) is 24.9 Å². The number of halogens is 6. The van der Waals surface area contributed by atoms with Crippen LogP contribution in [0.4, 0.5) is 22.0 Å². The Morgan fingerprint density at radius 2 is 0.597 bits per heavy atom. The summed E-state index contributed by atoms with van der Waals surface area (Å²) in [6.07, 6.45) is 6.51. The number of aromatic nitrogens is 11. The van der Waals surface area contributed by atoms with Crippen LogP contribution in [0.25, 0.3) is 57.1 Å². The molecule has 0 radical (unpaired) electrons. The zero-order valence-corrected chi connectivity index (χ0v) is 66.2. The number of sulfonamides is 1. The van der Waals surface area contributed by atoms with Gasteiger partial charge in [0, 0.05) is 102 Å². The van der Waals surface area contributed by atoms with E-state index in [2.05, 4.69) is 55.7 Å². The van der Waals surface area contributed by atoms with E-state index in [1.54, 1.807) is 128 Å². The van der Waals surface area contributed by atoms with Gasteiger partial charge in [-0.25, -0.2) is 43.9 Å². The molecule has 0 amide bonds. The van der Waals surface area contributed by atoms with Crippen LogP contribution in [0, 0.1) is 29.1 Å². The van der Waals surface area contributed by atoms with Crippen LogP contribution < -0.4 is 33.8 Å². The molecule has 0 aliphatic heterocycles. The van der Waals surface area contributed by atoms with E-state index in [1.807, 2.05) is 54.6 Å². The molecule has 614 valence electrons. The van der Waals surface area contributed by atoms with Crippen molar-refractivity contribution < 1.29 is 61.4 Å². The molecule has 15 aromatic rings. The molecular weight excluding hydrogens is 1600 g/mol. The lowest BCUT2D eigenvalue weighted by Gasteiger charge is -2.09. The fourth-order valence-corrected chi connectivity index (χ4v) is 13.2. The van der Waals surface area contributed by atoms with Crippen LogP contribution in [0.15, 0.2) is 281 Å². The maximum absolute atomic E-state index is 13.7. The Balaban J connectivity index is 0.000000146. The van der Waals surface area contributed by atoms with Crippen molar-refractivity contribution in [3.63, 3.8) is 0 Å². The minimum absolute atomic E-state index is 0.00289. The highest BCUT2D eigenvalue weighted by Crippen LogP contribution is 2.26. The highest BCUT2D eigenvalue weighted by molar-refractivity contribution is 7.90. The number of nitrogens with zero attached hydrogens (tertiary/aromatic N) is 11. The van der Waals surface area contributed by atoms with Crippen molar-refractivity contribution in [2.24, 2.45) is 33.8 Å². The second-order valence-electron chi connectivity index (χ2n) is 27.3. The largest absolute Gasteiger partial charge is 0.339 e. The summed E-state index contributed by atoms with van der Waals surface area (Å²) < 4.78 is 140. The van der Waals surface area contributed by atoms with Gasteiger partial charge < -0.3 is 51.3 Å². The van der Waals surface area contributed by atoms with E-state index in [-0.39, 0.29) is 75.5 Å². The summed E-state index contributed by atoms with van der Waals surface area (Å²) in [4.78, 5) is 25.8. The predicted octanol–water partition coefficient (Wildman–Crippen LogP) is 13.0. The molecular formula is C85H81ClF5N17O9S2. The van der Waals surface area contributed by atoms with E-state index >= 15 is 0 Å². The molecule has 0 unspecified atom stereocenters. The van der Waals surface area contributed by atoms with Gasteiger partial charge in [-0.05, 0) is 163 Å². The minimum Gasteiger partial charge on any atom is -0.339 e. The number of nitrogens with two attached hydrogens (primary N) is 6. The predicted molar refractivity (Wildman–Crippen MR) is 435 cm³/mol. The molecule has 15 rings (SSSR count). The molecule has 6 heterocycles. The lowest BCUT2D eigenvalue weighted by Crippen LogP contribution is -2.26. The molecule has 0 saturated heterocycles. The zero-order valence-electron chi connectivity index (χ0n) is 63.8. The summed E-state index contributed by atoms with van der Waals surface area (Å²) in [7, 11) is -7.01. The molecule has 0 aliphatic rings. The fourth-order valence-electron chi connectivity index (χ4n) is 11.8. The average molecular weight is 1680 g/mol. The van der Waals surface area contributed by atoms with E-state index in [9.17, 15) is 38.8 Å². The Morgan fingerprint density at radius 3 is 0.899 bits per heavy atom. The van der Waals surface area contributed by atoms with E-state index in [4.69, 9.17) is 68.0 Å². The number of pyridine rings is 1.